The van der Waals surface area contributed by atoms with Crippen LogP contribution in [-0.2, 0) is 34.1 Å². The molecule has 0 amide bonds. The van der Waals surface area contributed by atoms with Gasteiger partial charge in [-0.3, -0.25) is 4.55 Å². The van der Waals surface area contributed by atoms with Crippen molar-refractivity contribution in [1.82, 2.24) is 0 Å². The molecule has 0 bridgehead atoms. The molecule has 15 nitrogen and oxygen atoms in total. The zero-order valence-electron chi connectivity index (χ0n) is 20.3. The van der Waals surface area contributed by atoms with Crippen LogP contribution in [0.2, 0.25) is 0 Å². The van der Waals surface area contributed by atoms with Gasteiger partial charge in [0.25, 0.3) is 0 Å². The summed E-state index contributed by atoms with van der Waals surface area (Å²) in [6.07, 6.45) is -14.1. The number of carbonyl (C=O) groups excluding carboxylic acids is 1. The van der Waals surface area contributed by atoms with Gasteiger partial charge in [0, 0.05) is 0 Å². The van der Waals surface area contributed by atoms with Crippen molar-refractivity contribution in [3.63, 3.8) is 0 Å². The molecular weight excluding hydrogens is 531 g/mol. The fourth-order valence-electron chi connectivity index (χ4n) is 2.83. The zero-order valence-corrected chi connectivity index (χ0v) is 27.1. The molecule has 35 heavy (non-hydrogen) atoms. The Bertz CT molecular complexity index is 734. The Labute approximate surface area is 269 Å². The van der Waals surface area contributed by atoms with Crippen LogP contribution in [0.5, 0.6) is 0 Å². The maximum atomic E-state index is 11.5. The van der Waals surface area contributed by atoms with Gasteiger partial charge in [0.2, 0.25) is 10.4 Å². The van der Waals surface area contributed by atoms with Crippen molar-refractivity contribution in [3.8, 4) is 0 Å². The summed E-state index contributed by atoms with van der Waals surface area (Å²) in [6, 6.07) is -1.52. The number of nitrogens with one attached hydrogen (secondary N) is 1. The molecule has 0 radical (unpaired) electrons. The minimum Gasteiger partial charge on any atom is -0.726 e. The number of aliphatic hydroxyl groups is 4. The van der Waals surface area contributed by atoms with Crippen molar-refractivity contribution in [2.24, 2.45) is 0 Å². The normalized spacial score (nSPS) is 37.3. The third kappa shape index (κ3) is 13.7. The molecule has 4 unspecified atom stereocenters. The third-order valence-corrected chi connectivity index (χ3v) is 4.24. The summed E-state index contributed by atoms with van der Waals surface area (Å²) in [4.78, 5) is 11.5. The molecule has 0 spiro atoms. The van der Waals surface area contributed by atoms with E-state index in [2.05, 4.69) is 6.92 Å². The van der Waals surface area contributed by atoms with Gasteiger partial charge in [-0.25, -0.2) is 8.42 Å². The summed E-state index contributed by atoms with van der Waals surface area (Å²) in [6.45, 7) is 8.40. The Balaban J connectivity index is -0.00000116. The van der Waals surface area contributed by atoms with E-state index in [4.69, 9.17) is 42.2 Å². The first-order valence-corrected chi connectivity index (χ1v) is 10.5. The van der Waals surface area contributed by atoms with Gasteiger partial charge in [0.05, 0.1) is 23.8 Å². The number of aliphatic hydroxyl groups excluding tert-OH is 4. The molecule has 2 saturated heterocycles. The van der Waals surface area contributed by atoms with Crippen LogP contribution in [0.1, 0.15) is 20.8 Å². The molecular formula is C16H27NNa3O14S-. The Morgan fingerprint density at radius 3 is 1.83 bits per heavy atom. The van der Waals surface area contributed by atoms with Gasteiger partial charge in [-0.2, -0.15) is 0 Å². The molecule has 0 aromatic heterocycles. The molecule has 0 aromatic rings. The summed E-state index contributed by atoms with van der Waals surface area (Å²) < 4.78 is 54.0. The minimum absolute atomic E-state index is 0. The minimum atomic E-state index is -4.92. The van der Waals surface area contributed by atoms with Crippen molar-refractivity contribution >= 4 is 16.4 Å². The summed E-state index contributed by atoms with van der Waals surface area (Å²) >= 11 is 0. The van der Waals surface area contributed by atoms with Gasteiger partial charge >= 0.3 is 88.7 Å². The molecule has 2 aliphatic rings. The molecule has 2 rings (SSSR count). The van der Waals surface area contributed by atoms with Crippen LogP contribution in [0.4, 0.5) is 0 Å². The van der Waals surface area contributed by atoms with Crippen molar-refractivity contribution in [2.45, 2.75) is 87.7 Å². The van der Waals surface area contributed by atoms with Crippen LogP contribution in [0.15, 0.2) is 0 Å². The van der Waals surface area contributed by atoms with Crippen LogP contribution in [0.25, 0.3) is 5.73 Å². The summed E-state index contributed by atoms with van der Waals surface area (Å²) in [5.74, 6) is -1.74. The van der Waals surface area contributed by atoms with Crippen molar-refractivity contribution in [2.75, 3.05) is 0 Å². The van der Waals surface area contributed by atoms with E-state index < -0.39 is 83.3 Å². The average molecular weight is 558 g/mol. The summed E-state index contributed by atoms with van der Waals surface area (Å²) in [5.41, 5.74) is 7.05. The molecule has 190 valence electrons. The van der Waals surface area contributed by atoms with Gasteiger partial charge in [0.1, 0.15) is 30.7 Å². The fraction of sp³-hybridized carbons (Fsp3) is 0.875. The van der Waals surface area contributed by atoms with Crippen LogP contribution < -0.4 is 93.8 Å². The number of hydrogen-bond donors (Lipinski definition) is 5. The molecule has 0 aromatic carbocycles. The molecule has 10 atom stereocenters. The van der Waals surface area contributed by atoms with Gasteiger partial charge in [0.15, 0.2) is 6.29 Å². The molecule has 0 aliphatic carbocycles. The number of hydrogen-bond acceptors (Lipinski definition) is 13. The smallest absolute Gasteiger partial charge is 0.726 e. The van der Waals surface area contributed by atoms with Gasteiger partial charge in [-0.1, -0.05) is 6.04 Å². The van der Waals surface area contributed by atoms with E-state index in [9.17, 15) is 30.3 Å². The molecule has 2 aliphatic heterocycles. The maximum Gasteiger partial charge on any atom is 1.00 e. The average Bonchev–Trinajstić information content (AvgIpc) is 2.61. The van der Waals surface area contributed by atoms with Crippen molar-refractivity contribution in [3.05, 3.63) is 12.7 Å². The van der Waals surface area contributed by atoms with Crippen LogP contribution in [0, 0.1) is 6.92 Å². The van der Waals surface area contributed by atoms with E-state index in [1.807, 2.05) is 0 Å². The Kier molecular flexibility index (Phi) is 20.1. The quantitative estimate of drug-likeness (QED) is 0.0929. The van der Waals surface area contributed by atoms with Gasteiger partial charge < -0.3 is 66.5 Å². The number of ether oxygens (including phenoxy) is 4. The van der Waals surface area contributed by atoms with E-state index in [1.165, 1.54) is 0 Å². The Morgan fingerprint density at radius 1 is 0.971 bits per heavy atom. The topological polar surface area (TPSA) is 259 Å². The van der Waals surface area contributed by atoms with E-state index in [1.54, 1.807) is 20.8 Å². The van der Waals surface area contributed by atoms with Crippen molar-refractivity contribution < 1.29 is 155 Å². The summed E-state index contributed by atoms with van der Waals surface area (Å²) in [7, 11) is -4.92. The van der Waals surface area contributed by atoms with Crippen LogP contribution in [-0.4, -0.2) is 111 Å². The van der Waals surface area contributed by atoms with E-state index in [0.29, 0.717) is 0 Å². The number of aliphatic carboxylic acids is 1. The maximum absolute atomic E-state index is 11.5. The first-order valence-electron chi connectivity index (χ1n) is 9.13. The molecule has 19 heteroatoms. The second kappa shape index (κ2) is 16.9. The number of carboxylic acid groups (broad SMARTS) is 1. The van der Waals surface area contributed by atoms with Gasteiger partial charge in [-0.15, -0.1) is 0 Å². The predicted molar refractivity (Wildman–Crippen MR) is 97.9 cm³/mol. The van der Waals surface area contributed by atoms with Crippen molar-refractivity contribution in [1.29, 1.82) is 0 Å². The van der Waals surface area contributed by atoms with E-state index in [0.717, 1.165) is 0 Å². The van der Waals surface area contributed by atoms with E-state index in [-0.39, 0.29) is 88.7 Å². The number of rotatable bonds is 4. The Morgan fingerprint density at radius 2 is 1.43 bits per heavy atom. The second-order valence-corrected chi connectivity index (χ2v) is 8.89. The number of carboxylic acids is 1. The van der Waals surface area contributed by atoms with E-state index >= 15 is 0 Å². The molecule has 2 heterocycles. The molecule has 6 N–H and O–H groups in total. The number of carbonyl (C=O) groups is 1. The largest absolute Gasteiger partial charge is 1.00 e. The summed E-state index contributed by atoms with van der Waals surface area (Å²) in [5, 5.41) is 51.6. The molecule has 2 fully saturated rings. The SMILES string of the molecule is O=S(=O)([O-])O.[CH2-]C1O[C@H](O[C@@H]2C(C(=O)[O-])O[C@@H](OC(C)(C)C)C(O)[C@H]2O)C([NH-])[C@@H](O)[C@@H]1O.[Na+].[Na+].[Na+]. The first kappa shape index (κ1) is 41.5. The Hall–Kier alpha value is 1.98. The standard InChI is InChI=1S/C16H27NO10.3Na.H2O4S/c1-5-7(18)8(19)6(17)14(24-5)25-11-9(20)10(21)15(27-16(2,3)4)26-12(11)13(22)23;;;;1-5(2,3)4/h5-12,14-15,17-21H,1H2,2-4H3,(H,22,23);;;;(H2,1,2,3,4)/q-2;3*+1;/p-2/t5?,6?,7-,8-,9-,10?,11+,12?,14-,15+;;;;/m1..../s1. The second-order valence-electron chi connectivity index (χ2n) is 8.03. The van der Waals surface area contributed by atoms with Gasteiger partial charge in [-0.05, 0) is 26.9 Å². The zero-order chi connectivity index (χ0) is 25.2. The third-order valence-electron chi connectivity index (χ3n) is 4.24. The van der Waals surface area contributed by atoms with Crippen LogP contribution in [0.3, 0.4) is 0 Å². The first-order chi connectivity index (χ1) is 14.3. The monoisotopic (exact) mass is 558 g/mol. The fourth-order valence-corrected chi connectivity index (χ4v) is 2.83. The predicted octanol–water partition coefficient (Wildman–Crippen LogP) is -12.9. The van der Waals surface area contributed by atoms with Crippen LogP contribution >= 0.6 is 0 Å². The molecule has 0 saturated carbocycles.